The molecule has 47 heavy (non-hydrogen) atoms. The van der Waals surface area contributed by atoms with Crippen LogP contribution in [0.25, 0.3) is 16.9 Å². The topological polar surface area (TPSA) is 25.3 Å². The second kappa shape index (κ2) is 29.0. The maximum atomic E-state index is 11.8. The number of benzene rings is 2. The van der Waals surface area contributed by atoms with Crippen LogP contribution in [0.5, 0.6) is 0 Å². The van der Waals surface area contributed by atoms with E-state index >= 15 is 0 Å². The fourth-order valence-electron chi connectivity index (χ4n) is 5.64. The molecule has 0 unspecified atom stereocenters. The predicted octanol–water partition coefficient (Wildman–Crippen LogP) is 14.7. The Labute approximate surface area is 302 Å². The summed E-state index contributed by atoms with van der Waals surface area (Å²) >= 11 is 0. The largest absolute Gasteiger partial charge is 2.00 e. The van der Waals surface area contributed by atoms with Gasteiger partial charge in [-0.25, -0.2) is 4.70 Å². The van der Waals surface area contributed by atoms with E-state index < -0.39 is 0 Å². The van der Waals surface area contributed by atoms with Crippen LogP contribution in [0.4, 0.5) is 0 Å². The molecule has 0 amide bonds. The minimum Gasteiger partial charge on any atom is -0.493 e. The van der Waals surface area contributed by atoms with Gasteiger partial charge in [0.1, 0.15) is 0 Å². The molecule has 0 saturated carbocycles. The number of nitrogens with zero attached hydrogens (tertiary/aromatic N) is 2. The molecule has 1 aliphatic rings. The first-order chi connectivity index (χ1) is 22.5. The van der Waals surface area contributed by atoms with Crippen LogP contribution < -0.4 is 0 Å². The van der Waals surface area contributed by atoms with E-state index in [1.54, 1.807) is 4.70 Å². The summed E-state index contributed by atoms with van der Waals surface area (Å²) in [6, 6.07) is 18.0. The molecule has 0 fully saturated rings. The fraction of sp³-hybridized carbons (Fsp3) is 0.591. The molecule has 0 atom stereocenters. The number of rotatable bonds is 20. The standard InChI is InChI=1S/C36H52N2.2C4H9.Ni/c1-5-9-13-14-15-16-20-34-33(19-12-8-4)35(31-25-21-29(22-26-31)17-10-6-2)38(37)36(34)32-27-23-30(24-28-32)18-11-7-3;2*1-3-4-2;/h21-28H,5-20H2,1-4H3;2*1,3-4H2,2H3;/q;2*-1;+2. The summed E-state index contributed by atoms with van der Waals surface area (Å²) in [7, 11) is 0. The Bertz CT molecular complexity index is 1120. The summed E-state index contributed by atoms with van der Waals surface area (Å²) in [5, 5.41) is 0. The molecule has 0 aromatic heterocycles. The molecule has 266 valence electrons. The smallest absolute Gasteiger partial charge is 0.493 e. The molecule has 0 spiro atoms. The number of unbranched alkanes of at least 4 members (excludes halogenated alkanes) is 10. The van der Waals surface area contributed by atoms with E-state index in [1.165, 1.54) is 99.3 Å². The van der Waals surface area contributed by atoms with Gasteiger partial charge in [0.2, 0.25) is 11.4 Å². The molecule has 2 nitrogen and oxygen atoms in total. The van der Waals surface area contributed by atoms with Gasteiger partial charge in [-0.1, -0.05) is 130 Å². The average Bonchev–Trinajstić information content (AvgIpc) is 3.37. The van der Waals surface area contributed by atoms with Gasteiger partial charge in [0.25, 0.3) is 0 Å². The first kappa shape index (κ1) is 45.0. The number of hydrogen-bond donors (Lipinski definition) is 0. The summed E-state index contributed by atoms with van der Waals surface area (Å²) in [5.74, 6) is 0. The Kier molecular flexibility index (Phi) is 27.8. The van der Waals surface area contributed by atoms with Crippen molar-refractivity contribution in [2.24, 2.45) is 0 Å². The molecule has 0 N–H and O–H groups in total. The van der Waals surface area contributed by atoms with Gasteiger partial charge < -0.3 is 19.4 Å². The van der Waals surface area contributed by atoms with Crippen LogP contribution in [0.1, 0.15) is 179 Å². The summed E-state index contributed by atoms with van der Waals surface area (Å²) in [5.41, 5.74) is 21.6. The quantitative estimate of drug-likeness (QED) is 0.0574. The van der Waals surface area contributed by atoms with Crippen LogP contribution in [-0.2, 0) is 29.3 Å². The van der Waals surface area contributed by atoms with E-state index in [4.69, 9.17) is 0 Å². The average molecular weight is 686 g/mol. The van der Waals surface area contributed by atoms with Crippen LogP contribution in [-0.4, -0.2) is 4.70 Å². The summed E-state index contributed by atoms with van der Waals surface area (Å²) < 4.78 is 1.54. The van der Waals surface area contributed by atoms with Gasteiger partial charge >= 0.3 is 16.5 Å². The van der Waals surface area contributed by atoms with Crippen LogP contribution in [0, 0.1) is 13.8 Å². The minimum absolute atomic E-state index is 0. The molecule has 0 saturated heterocycles. The predicted molar refractivity (Wildman–Crippen MR) is 206 cm³/mol. The SMILES string of the molecule is CCCCCCCCC1=C(c2ccc(CCCC)cc2)[N+](=[N-])C(c2ccc(CCCC)cc2)=C1CCCC.[CH2-]CCC.[CH2-]CCC.[Ni+2]. The van der Waals surface area contributed by atoms with E-state index in [1.807, 2.05) is 0 Å². The van der Waals surface area contributed by atoms with Crippen molar-refractivity contribution in [3.63, 3.8) is 0 Å². The van der Waals surface area contributed by atoms with Crippen molar-refractivity contribution < 1.29 is 21.2 Å². The van der Waals surface area contributed by atoms with Crippen molar-refractivity contribution in [2.45, 2.75) is 170 Å². The molecular weight excluding hydrogens is 615 g/mol. The Morgan fingerprint density at radius 2 is 0.766 bits per heavy atom. The number of aryl methyl sites for hydroxylation is 2. The third-order valence-corrected chi connectivity index (χ3v) is 8.72. The van der Waals surface area contributed by atoms with Gasteiger partial charge in [-0.05, 0) is 86.8 Å². The Balaban J connectivity index is 0.00000211. The van der Waals surface area contributed by atoms with Gasteiger partial charge in [-0.3, -0.25) is 0 Å². The fourth-order valence-corrected chi connectivity index (χ4v) is 5.64. The second-order valence-electron chi connectivity index (χ2n) is 12.9. The van der Waals surface area contributed by atoms with Crippen LogP contribution in [0.2, 0.25) is 0 Å². The number of allylic oxidation sites excluding steroid dienone is 2. The maximum Gasteiger partial charge on any atom is 2.00 e. The second-order valence-corrected chi connectivity index (χ2v) is 12.9. The van der Waals surface area contributed by atoms with Gasteiger partial charge in [-0.2, -0.15) is 12.8 Å². The first-order valence-corrected chi connectivity index (χ1v) is 19.2. The summed E-state index contributed by atoms with van der Waals surface area (Å²) in [6.07, 6.45) is 23.7. The Morgan fingerprint density at radius 1 is 0.447 bits per heavy atom. The molecule has 1 heterocycles. The van der Waals surface area contributed by atoms with Crippen molar-refractivity contribution >= 4 is 11.4 Å². The van der Waals surface area contributed by atoms with Crippen molar-refractivity contribution in [1.82, 2.24) is 0 Å². The normalized spacial score (nSPS) is 12.4. The molecular formula is C44H70N2Ni. The molecule has 0 aliphatic carbocycles. The van der Waals surface area contributed by atoms with E-state index in [-0.39, 0.29) is 16.5 Å². The molecule has 0 radical (unpaired) electrons. The van der Waals surface area contributed by atoms with Crippen LogP contribution in [0.15, 0.2) is 59.7 Å². The molecule has 1 aliphatic heterocycles. The zero-order chi connectivity index (χ0) is 34.0. The Hall–Kier alpha value is -1.99. The molecule has 3 rings (SSSR count). The third-order valence-electron chi connectivity index (χ3n) is 8.72. The molecule has 2 aromatic carbocycles. The first-order valence-electron chi connectivity index (χ1n) is 19.2. The summed E-state index contributed by atoms with van der Waals surface area (Å²) in [6.45, 7) is 20.5. The molecule has 2 aromatic rings. The van der Waals surface area contributed by atoms with Gasteiger partial charge in [0, 0.05) is 22.3 Å². The van der Waals surface area contributed by atoms with E-state index in [9.17, 15) is 5.53 Å². The molecule has 3 heteroatoms. The van der Waals surface area contributed by atoms with Crippen molar-refractivity contribution in [3.05, 3.63) is 101 Å². The van der Waals surface area contributed by atoms with Gasteiger partial charge in [-0.15, -0.1) is 0 Å². The number of hydrogen-bond acceptors (Lipinski definition) is 0. The van der Waals surface area contributed by atoms with E-state index in [0.717, 1.165) is 73.9 Å². The minimum atomic E-state index is 0. The third kappa shape index (κ3) is 16.8. The summed E-state index contributed by atoms with van der Waals surface area (Å²) in [4.78, 5) is 0. The van der Waals surface area contributed by atoms with Gasteiger partial charge in [0.05, 0.1) is 0 Å². The zero-order valence-corrected chi connectivity index (χ0v) is 32.4. The van der Waals surface area contributed by atoms with E-state index in [0.29, 0.717) is 0 Å². The Morgan fingerprint density at radius 3 is 1.13 bits per heavy atom. The van der Waals surface area contributed by atoms with Crippen molar-refractivity contribution in [3.8, 4) is 0 Å². The van der Waals surface area contributed by atoms with Gasteiger partial charge in [0.15, 0.2) is 0 Å². The monoisotopic (exact) mass is 684 g/mol. The van der Waals surface area contributed by atoms with E-state index in [2.05, 4.69) is 104 Å². The van der Waals surface area contributed by atoms with Crippen LogP contribution >= 0.6 is 0 Å². The molecule has 0 bridgehead atoms. The maximum absolute atomic E-state index is 11.8. The zero-order valence-electron chi connectivity index (χ0n) is 31.4. The van der Waals surface area contributed by atoms with Crippen molar-refractivity contribution in [2.75, 3.05) is 0 Å². The van der Waals surface area contributed by atoms with Crippen molar-refractivity contribution in [1.29, 1.82) is 0 Å². The van der Waals surface area contributed by atoms with Crippen LogP contribution in [0.3, 0.4) is 0 Å².